The summed E-state index contributed by atoms with van der Waals surface area (Å²) < 4.78 is 37.3. The Morgan fingerprint density at radius 2 is 1.82 bits per heavy atom. The predicted octanol–water partition coefficient (Wildman–Crippen LogP) is 2.72. The molecule has 1 saturated heterocycles. The van der Waals surface area contributed by atoms with Crippen LogP contribution in [0.3, 0.4) is 0 Å². The first-order valence-electron chi connectivity index (χ1n) is 12.2. The van der Waals surface area contributed by atoms with Gasteiger partial charge in [0.1, 0.15) is 31.0 Å². The molecule has 1 amide bonds. The van der Waals surface area contributed by atoms with Gasteiger partial charge < -0.3 is 34.1 Å². The zero-order chi connectivity index (χ0) is 27.4. The lowest BCUT2D eigenvalue weighted by Crippen LogP contribution is -2.36. The van der Waals surface area contributed by atoms with E-state index in [1.807, 2.05) is 0 Å². The van der Waals surface area contributed by atoms with Crippen molar-refractivity contribution in [2.75, 3.05) is 18.3 Å². The second-order valence-electron chi connectivity index (χ2n) is 9.28. The van der Waals surface area contributed by atoms with Crippen LogP contribution in [-0.2, 0) is 23.1 Å². The monoisotopic (exact) mass is 549 g/mol. The lowest BCUT2D eigenvalue weighted by atomic mass is 10.1. The molecule has 4 rings (SSSR count). The van der Waals surface area contributed by atoms with Gasteiger partial charge in [-0.15, -0.1) is 0 Å². The highest BCUT2D eigenvalue weighted by molar-refractivity contribution is 7.53. The Kier molecular flexibility index (Phi) is 8.89. The van der Waals surface area contributed by atoms with Crippen molar-refractivity contribution in [1.82, 2.24) is 19.5 Å². The third-order valence-corrected chi connectivity index (χ3v) is 7.51. The Morgan fingerprint density at radius 3 is 2.45 bits per heavy atom. The maximum atomic E-state index is 13.2. The van der Waals surface area contributed by atoms with Gasteiger partial charge in [-0.2, -0.15) is 0 Å². The van der Waals surface area contributed by atoms with Crippen molar-refractivity contribution in [2.45, 2.75) is 64.4 Å². The Bertz CT molecular complexity index is 1270. The molecule has 0 radical (unpaired) electrons. The van der Waals surface area contributed by atoms with Crippen LogP contribution in [0, 0.1) is 0 Å². The molecule has 3 N–H and O–H groups in total. The van der Waals surface area contributed by atoms with Crippen LogP contribution >= 0.6 is 7.60 Å². The molecule has 0 bridgehead atoms. The Hall–Kier alpha value is -2.77. The highest BCUT2D eigenvalue weighted by atomic mass is 31.2. The van der Waals surface area contributed by atoms with Crippen molar-refractivity contribution in [1.29, 1.82) is 0 Å². The van der Waals surface area contributed by atoms with E-state index in [4.69, 9.17) is 18.5 Å². The number of benzene rings is 1. The summed E-state index contributed by atoms with van der Waals surface area (Å²) >= 11 is 0. The van der Waals surface area contributed by atoms with E-state index in [0.717, 1.165) is 0 Å². The van der Waals surface area contributed by atoms with E-state index in [-0.39, 0.29) is 35.1 Å². The minimum atomic E-state index is -3.66. The molecule has 0 saturated carbocycles. The van der Waals surface area contributed by atoms with Crippen LogP contribution in [0.5, 0.6) is 0 Å². The highest BCUT2D eigenvalue weighted by Gasteiger charge is 2.47. The van der Waals surface area contributed by atoms with E-state index in [2.05, 4.69) is 20.3 Å². The van der Waals surface area contributed by atoms with Gasteiger partial charge in [-0.1, -0.05) is 18.2 Å². The van der Waals surface area contributed by atoms with Crippen LogP contribution in [0.25, 0.3) is 11.2 Å². The van der Waals surface area contributed by atoms with Gasteiger partial charge >= 0.3 is 7.60 Å². The van der Waals surface area contributed by atoms with Crippen molar-refractivity contribution >= 4 is 30.5 Å². The number of nitrogens with one attached hydrogen (secondary N) is 1. The molecule has 3 heterocycles. The topological polar surface area (TPSA) is 167 Å². The third-order valence-electron chi connectivity index (χ3n) is 5.56. The zero-order valence-corrected chi connectivity index (χ0v) is 22.4. The second-order valence-corrected chi connectivity index (χ2v) is 11.2. The van der Waals surface area contributed by atoms with Crippen molar-refractivity contribution in [3.05, 3.63) is 48.5 Å². The van der Waals surface area contributed by atoms with Crippen molar-refractivity contribution in [3.8, 4) is 0 Å². The summed E-state index contributed by atoms with van der Waals surface area (Å²) in [4.78, 5) is 25.3. The smallest absolute Gasteiger partial charge is 0.356 e. The van der Waals surface area contributed by atoms with E-state index in [0.29, 0.717) is 5.56 Å². The first-order valence-corrected chi connectivity index (χ1v) is 13.9. The molecule has 3 aromatic rings. The largest absolute Gasteiger partial charge is 0.394 e. The number of amides is 1. The van der Waals surface area contributed by atoms with Gasteiger partial charge in [0.05, 0.1) is 25.1 Å². The number of aromatic nitrogens is 4. The number of anilines is 1. The Labute approximate surface area is 219 Å². The number of imidazole rings is 1. The standard InChI is InChI=1S/C24H32N5O8P/c1-14(2)36-38(33,37-15(3)4)13-34-20-17(10-30)35-24(19(20)31)29-12-27-18-21(25-11-26-22(18)29)28-23(32)16-8-6-5-7-9-16/h5-9,11-12,14-15,17,19-20,24,30-31H,10,13H2,1-4H3,(H,25,26,28,32)/t17-,19-,20-,24-/m1/s1. The summed E-state index contributed by atoms with van der Waals surface area (Å²) in [5, 5.41) is 23.7. The number of hydrogen-bond acceptors (Lipinski definition) is 11. The molecule has 1 aliphatic heterocycles. The lowest BCUT2D eigenvalue weighted by molar-refractivity contribution is -0.0568. The first kappa shape index (κ1) is 28.2. The summed E-state index contributed by atoms with van der Waals surface area (Å²) in [6.45, 7) is 6.41. The average Bonchev–Trinajstić information content (AvgIpc) is 3.43. The average molecular weight is 550 g/mol. The molecular weight excluding hydrogens is 517 g/mol. The summed E-state index contributed by atoms with van der Waals surface area (Å²) in [7, 11) is -3.66. The fourth-order valence-corrected chi connectivity index (χ4v) is 5.92. The minimum Gasteiger partial charge on any atom is -0.394 e. The fraction of sp³-hybridized carbons (Fsp3) is 0.500. The number of fused-ring (bicyclic) bond motifs is 1. The normalized spacial score (nSPS) is 22.0. The number of aliphatic hydroxyl groups is 2. The highest BCUT2D eigenvalue weighted by Crippen LogP contribution is 2.51. The molecular formula is C24H32N5O8P. The number of nitrogens with zero attached hydrogens (tertiary/aromatic N) is 4. The van der Waals surface area contributed by atoms with Crippen LogP contribution in [-0.4, -0.2) is 79.1 Å². The summed E-state index contributed by atoms with van der Waals surface area (Å²) in [6, 6.07) is 8.63. The van der Waals surface area contributed by atoms with E-state index in [9.17, 15) is 19.6 Å². The van der Waals surface area contributed by atoms with Gasteiger partial charge in [-0.05, 0) is 39.8 Å². The molecule has 1 aliphatic rings. The van der Waals surface area contributed by atoms with E-state index < -0.39 is 45.1 Å². The SMILES string of the molecule is CC(C)OP(=O)(CO[C@H]1[C@@H](O)[C@H](n2cnc3c(NC(=O)c4ccccc4)ncnc32)O[C@@H]1CO)OC(C)C. The van der Waals surface area contributed by atoms with E-state index in [1.165, 1.54) is 17.2 Å². The second kappa shape index (κ2) is 12.0. The molecule has 0 aliphatic carbocycles. The van der Waals surface area contributed by atoms with Gasteiger partial charge in [0, 0.05) is 5.56 Å². The predicted molar refractivity (Wildman–Crippen MR) is 137 cm³/mol. The van der Waals surface area contributed by atoms with Crippen LogP contribution in [0.4, 0.5) is 5.82 Å². The van der Waals surface area contributed by atoms with E-state index in [1.54, 1.807) is 58.0 Å². The van der Waals surface area contributed by atoms with Crippen LogP contribution in [0.1, 0.15) is 44.3 Å². The zero-order valence-electron chi connectivity index (χ0n) is 21.5. The van der Waals surface area contributed by atoms with Crippen LogP contribution in [0.2, 0.25) is 0 Å². The van der Waals surface area contributed by atoms with Gasteiger partial charge in [0.15, 0.2) is 23.2 Å². The lowest BCUT2D eigenvalue weighted by Gasteiger charge is -2.26. The van der Waals surface area contributed by atoms with Crippen molar-refractivity contribution in [3.63, 3.8) is 0 Å². The van der Waals surface area contributed by atoms with Crippen molar-refractivity contribution in [2.24, 2.45) is 0 Å². The van der Waals surface area contributed by atoms with Gasteiger partial charge in [-0.3, -0.25) is 13.9 Å². The van der Waals surface area contributed by atoms with Gasteiger partial charge in [0.25, 0.3) is 5.91 Å². The maximum Gasteiger partial charge on any atom is 0.356 e. The molecule has 206 valence electrons. The number of aliphatic hydroxyl groups excluding tert-OH is 2. The number of carbonyl (C=O) groups is 1. The molecule has 2 aromatic heterocycles. The van der Waals surface area contributed by atoms with Gasteiger partial charge in [0.2, 0.25) is 0 Å². The molecule has 1 aromatic carbocycles. The number of hydrogen-bond donors (Lipinski definition) is 3. The quantitative estimate of drug-likeness (QED) is 0.301. The Balaban J connectivity index is 1.54. The maximum absolute atomic E-state index is 13.2. The van der Waals surface area contributed by atoms with Gasteiger partial charge in [-0.25, -0.2) is 15.0 Å². The number of ether oxygens (including phenoxy) is 2. The van der Waals surface area contributed by atoms with Crippen LogP contribution < -0.4 is 5.32 Å². The van der Waals surface area contributed by atoms with Crippen molar-refractivity contribution < 1.29 is 38.1 Å². The number of rotatable bonds is 11. The molecule has 0 spiro atoms. The molecule has 1 fully saturated rings. The first-order chi connectivity index (χ1) is 18.1. The molecule has 13 nitrogen and oxygen atoms in total. The summed E-state index contributed by atoms with van der Waals surface area (Å²) in [6.07, 6.45) is -2.93. The minimum absolute atomic E-state index is 0.180. The summed E-state index contributed by atoms with van der Waals surface area (Å²) in [5.41, 5.74) is 0.999. The molecule has 0 unspecified atom stereocenters. The molecule has 14 heteroatoms. The molecule has 38 heavy (non-hydrogen) atoms. The Morgan fingerprint density at radius 1 is 1.13 bits per heavy atom. The summed E-state index contributed by atoms with van der Waals surface area (Å²) in [5.74, 6) is -0.193. The fourth-order valence-electron chi connectivity index (χ4n) is 4.11. The third kappa shape index (κ3) is 6.26. The number of carbonyl (C=O) groups excluding carboxylic acids is 1. The molecule has 4 atom stereocenters. The van der Waals surface area contributed by atoms with Crippen LogP contribution in [0.15, 0.2) is 43.0 Å². The van der Waals surface area contributed by atoms with E-state index >= 15 is 0 Å².